The van der Waals surface area contributed by atoms with Crippen molar-refractivity contribution < 1.29 is 22.7 Å². The summed E-state index contributed by atoms with van der Waals surface area (Å²) in [5.41, 5.74) is 2.09. The van der Waals surface area contributed by atoms with Gasteiger partial charge in [-0.25, -0.2) is 4.68 Å². The third-order valence-electron chi connectivity index (χ3n) is 4.25. The van der Waals surface area contributed by atoms with Crippen molar-refractivity contribution in [3.8, 4) is 5.75 Å². The topological polar surface area (TPSA) is 56.2 Å². The zero-order valence-electron chi connectivity index (χ0n) is 15.2. The summed E-state index contributed by atoms with van der Waals surface area (Å²) in [6.07, 6.45) is -2.92. The monoisotopic (exact) mass is 389 g/mol. The van der Waals surface area contributed by atoms with Crippen LogP contribution in [0.5, 0.6) is 5.75 Å². The number of nitrogens with one attached hydrogen (secondary N) is 1. The van der Waals surface area contributed by atoms with Crippen LogP contribution in [0.2, 0.25) is 0 Å². The number of halogens is 3. The van der Waals surface area contributed by atoms with Crippen molar-refractivity contribution in [3.05, 3.63) is 77.1 Å². The summed E-state index contributed by atoms with van der Waals surface area (Å²) in [5, 5.41) is 6.90. The molecule has 0 radical (unpaired) electrons. The minimum absolute atomic E-state index is 0.0618. The van der Waals surface area contributed by atoms with E-state index in [1.165, 1.54) is 29.1 Å². The van der Waals surface area contributed by atoms with Gasteiger partial charge in [-0.1, -0.05) is 18.2 Å². The molecular formula is C20H18F3N3O2. The number of anilines is 1. The van der Waals surface area contributed by atoms with Gasteiger partial charge in [-0.15, -0.1) is 0 Å². The first kappa shape index (κ1) is 19.5. The van der Waals surface area contributed by atoms with Crippen LogP contribution in [0, 0.1) is 13.8 Å². The smallest absolute Gasteiger partial charge is 0.416 e. The predicted molar refractivity (Wildman–Crippen MR) is 98.2 cm³/mol. The van der Waals surface area contributed by atoms with E-state index in [9.17, 15) is 18.0 Å². The molecule has 0 unspecified atom stereocenters. The second-order valence-electron chi connectivity index (χ2n) is 6.24. The molecule has 1 aromatic heterocycles. The lowest BCUT2D eigenvalue weighted by molar-refractivity contribution is -0.137. The summed E-state index contributed by atoms with van der Waals surface area (Å²) in [6, 6.07) is 11.7. The summed E-state index contributed by atoms with van der Waals surface area (Å²) < 4.78 is 44.9. The molecule has 1 heterocycles. The molecule has 28 heavy (non-hydrogen) atoms. The maximum absolute atomic E-state index is 12.7. The highest BCUT2D eigenvalue weighted by Crippen LogP contribution is 2.31. The largest absolute Gasteiger partial charge is 0.471 e. The molecule has 0 aliphatic carbocycles. The lowest BCUT2D eigenvalue weighted by atomic mass is 10.1. The molecule has 3 aromatic rings. The third-order valence-corrected chi connectivity index (χ3v) is 4.25. The molecule has 0 fully saturated rings. The van der Waals surface area contributed by atoms with Crippen LogP contribution in [0.3, 0.4) is 0 Å². The standard InChI is InChI=1S/C20H18F3N3O2/c1-13-5-3-8-17(14(13)2)24-19(27)18-9-10-26(25-18)12-28-16-7-4-6-15(11-16)20(21,22)23/h3-11H,12H2,1-2H3,(H,24,27). The molecule has 0 saturated carbocycles. The number of aryl methyl sites for hydroxylation is 1. The van der Waals surface area contributed by atoms with Crippen molar-refractivity contribution in [3.63, 3.8) is 0 Å². The molecule has 0 aliphatic heterocycles. The van der Waals surface area contributed by atoms with Crippen LogP contribution in [-0.2, 0) is 12.9 Å². The van der Waals surface area contributed by atoms with Gasteiger partial charge in [-0.05, 0) is 55.3 Å². The number of nitrogens with zero attached hydrogens (tertiary/aromatic N) is 2. The highest BCUT2D eigenvalue weighted by atomic mass is 19.4. The number of hydrogen-bond donors (Lipinski definition) is 1. The Hall–Kier alpha value is -3.29. The van der Waals surface area contributed by atoms with Crippen LogP contribution in [0.1, 0.15) is 27.2 Å². The van der Waals surface area contributed by atoms with Crippen LogP contribution in [0.4, 0.5) is 18.9 Å². The average Bonchev–Trinajstić information content (AvgIpc) is 3.12. The number of hydrogen-bond acceptors (Lipinski definition) is 3. The highest BCUT2D eigenvalue weighted by molar-refractivity contribution is 6.03. The van der Waals surface area contributed by atoms with Gasteiger partial charge in [0.2, 0.25) is 0 Å². The summed E-state index contributed by atoms with van der Waals surface area (Å²) in [4.78, 5) is 12.4. The molecule has 3 rings (SSSR count). The van der Waals surface area contributed by atoms with E-state index in [0.29, 0.717) is 5.69 Å². The van der Waals surface area contributed by atoms with Crippen molar-refractivity contribution in [1.29, 1.82) is 0 Å². The SMILES string of the molecule is Cc1cccc(NC(=O)c2ccn(COc3cccc(C(F)(F)F)c3)n2)c1C. The van der Waals surface area contributed by atoms with E-state index < -0.39 is 11.7 Å². The number of carbonyl (C=O) groups is 1. The maximum Gasteiger partial charge on any atom is 0.416 e. The molecule has 2 aromatic carbocycles. The van der Waals surface area contributed by atoms with Gasteiger partial charge < -0.3 is 10.1 Å². The minimum atomic E-state index is -4.44. The zero-order chi connectivity index (χ0) is 20.3. The molecule has 5 nitrogen and oxygen atoms in total. The van der Waals surface area contributed by atoms with E-state index >= 15 is 0 Å². The minimum Gasteiger partial charge on any atom is -0.471 e. The summed E-state index contributed by atoms with van der Waals surface area (Å²) >= 11 is 0. The van der Waals surface area contributed by atoms with E-state index in [1.807, 2.05) is 26.0 Å². The van der Waals surface area contributed by atoms with Crippen molar-refractivity contribution in [2.75, 3.05) is 5.32 Å². The van der Waals surface area contributed by atoms with Gasteiger partial charge in [0.1, 0.15) is 5.75 Å². The Kier molecular flexibility index (Phi) is 5.39. The lowest BCUT2D eigenvalue weighted by Gasteiger charge is -2.10. The van der Waals surface area contributed by atoms with Gasteiger partial charge >= 0.3 is 6.18 Å². The quantitative estimate of drug-likeness (QED) is 0.682. The maximum atomic E-state index is 12.7. The van der Waals surface area contributed by atoms with Gasteiger partial charge in [-0.2, -0.15) is 18.3 Å². The number of amides is 1. The van der Waals surface area contributed by atoms with E-state index in [1.54, 1.807) is 6.07 Å². The zero-order valence-corrected chi connectivity index (χ0v) is 15.2. The van der Waals surface area contributed by atoms with Gasteiger partial charge in [0, 0.05) is 11.9 Å². The number of alkyl halides is 3. The fraction of sp³-hybridized carbons (Fsp3) is 0.200. The van der Waals surface area contributed by atoms with Crippen molar-refractivity contribution in [2.24, 2.45) is 0 Å². The van der Waals surface area contributed by atoms with E-state index in [-0.39, 0.29) is 24.1 Å². The Balaban J connectivity index is 1.64. The molecule has 1 amide bonds. The summed E-state index contributed by atoms with van der Waals surface area (Å²) in [5.74, 6) is -0.321. The molecule has 0 atom stereocenters. The van der Waals surface area contributed by atoms with Gasteiger partial charge in [0.15, 0.2) is 12.4 Å². The second-order valence-corrected chi connectivity index (χ2v) is 6.24. The predicted octanol–water partition coefficient (Wildman–Crippen LogP) is 4.81. The van der Waals surface area contributed by atoms with Gasteiger partial charge in [0.05, 0.1) is 5.56 Å². The average molecular weight is 389 g/mol. The Morgan fingerprint density at radius 2 is 1.89 bits per heavy atom. The fourth-order valence-electron chi connectivity index (χ4n) is 2.53. The fourth-order valence-corrected chi connectivity index (χ4v) is 2.53. The van der Waals surface area contributed by atoms with Gasteiger partial charge in [0.25, 0.3) is 5.91 Å². The Morgan fingerprint density at radius 3 is 2.64 bits per heavy atom. The first-order valence-corrected chi connectivity index (χ1v) is 8.45. The van der Waals surface area contributed by atoms with Crippen molar-refractivity contribution >= 4 is 11.6 Å². The summed E-state index contributed by atoms with van der Waals surface area (Å²) in [6.45, 7) is 3.73. The second kappa shape index (κ2) is 7.75. The van der Waals surface area contributed by atoms with Crippen molar-refractivity contribution in [2.45, 2.75) is 26.8 Å². The third kappa shape index (κ3) is 4.51. The Bertz CT molecular complexity index is 996. The first-order valence-electron chi connectivity index (χ1n) is 8.45. The number of aromatic nitrogens is 2. The highest BCUT2D eigenvalue weighted by Gasteiger charge is 2.30. The number of ether oxygens (including phenoxy) is 1. The van der Waals surface area contributed by atoms with Gasteiger partial charge in [-0.3, -0.25) is 4.79 Å². The Labute approximate surface area is 159 Å². The van der Waals surface area contributed by atoms with Crippen LogP contribution < -0.4 is 10.1 Å². The number of benzene rings is 2. The van der Waals surface area contributed by atoms with E-state index in [4.69, 9.17) is 4.74 Å². The van der Waals surface area contributed by atoms with E-state index in [0.717, 1.165) is 23.3 Å². The molecular weight excluding hydrogens is 371 g/mol. The van der Waals surface area contributed by atoms with Crippen LogP contribution in [0.25, 0.3) is 0 Å². The lowest BCUT2D eigenvalue weighted by Crippen LogP contribution is -2.15. The molecule has 8 heteroatoms. The molecule has 0 spiro atoms. The molecule has 0 saturated heterocycles. The first-order chi connectivity index (χ1) is 13.2. The molecule has 0 bridgehead atoms. The molecule has 0 aliphatic rings. The summed E-state index contributed by atoms with van der Waals surface area (Å²) in [7, 11) is 0. The number of carbonyl (C=O) groups excluding carboxylic acids is 1. The van der Waals surface area contributed by atoms with Crippen LogP contribution in [-0.4, -0.2) is 15.7 Å². The molecule has 1 N–H and O–H groups in total. The molecule has 146 valence electrons. The van der Waals surface area contributed by atoms with E-state index in [2.05, 4.69) is 10.4 Å². The van der Waals surface area contributed by atoms with Crippen LogP contribution in [0.15, 0.2) is 54.7 Å². The van der Waals surface area contributed by atoms with Crippen molar-refractivity contribution in [1.82, 2.24) is 9.78 Å². The Morgan fingerprint density at radius 1 is 1.14 bits per heavy atom. The number of rotatable bonds is 5. The van der Waals surface area contributed by atoms with Crippen LogP contribution >= 0.6 is 0 Å². The normalized spacial score (nSPS) is 11.3.